The molecular formula is C61H40N2O. The molecule has 64 heavy (non-hydrogen) atoms. The third kappa shape index (κ3) is 5.41. The maximum atomic E-state index is 6.30. The van der Waals surface area contributed by atoms with Gasteiger partial charge in [-0.25, -0.2) is 0 Å². The summed E-state index contributed by atoms with van der Waals surface area (Å²) in [6, 6.07) is 88.3. The van der Waals surface area contributed by atoms with E-state index in [1.807, 2.05) is 12.1 Å². The number of fused-ring (bicyclic) bond motifs is 9. The zero-order valence-electron chi connectivity index (χ0n) is 34.9. The molecule has 3 heteroatoms. The fraction of sp³-hybridized carbons (Fsp3) is 0.0164. The molecule has 1 aliphatic rings. The largest absolute Gasteiger partial charge is 0.456 e. The van der Waals surface area contributed by atoms with Gasteiger partial charge in [-0.2, -0.15) is 0 Å². The number of benzene rings is 10. The highest BCUT2D eigenvalue weighted by atomic mass is 16.3. The number of anilines is 3. The van der Waals surface area contributed by atoms with E-state index in [0.717, 1.165) is 55.8 Å². The topological polar surface area (TPSA) is 21.3 Å². The summed E-state index contributed by atoms with van der Waals surface area (Å²) in [5.41, 5.74) is 17.9. The Balaban J connectivity index is 0.976. The van der Waals surface area contributed by atoms with Crippen LogP contribution in [0.5, 0.6) is 0 Å². The second-order valence-corrected chi connectivity index (χ2v) is 16.8. The van der Waals surface area contributed by atoms with Gasteiger partial charge in [-0.05, 0) is 123 Å². The van der Waals surface area contributed by atoms with Crippen molar-refractivity contribution < 1.29 is 4.42 Å². The Labute approximate surface area is 371 Å². The average Bonchev–Trinajstić information content (AvgIpc) is 4.01. The van der Waals surface area contributed by atoms with Gasteiger partial charge in [0.2, 0.25) is 0 Å². The van der Waals surface area contributed by atoms with Crippen molar-refractivity contribution in [2.45, 2.75) is 5.41 Å². The van der Waals surface area contributed by atoms with E-state index in [2.05, 4.69) is 240 Å². The van der Waals surface area contributed by atoms with Crippen LogP contribution >= 0.6 is 0 Å². The van der Waals surface area contributed by atoms with Gasteiger partial charge in [-0.1, -0.05) is 164 Å². The monoisotopic (exact) mass is 816 g/mol. The molecule has 2 heterocycles. The summed E-state index contributed by atoms with van der Waals surface area (Å²) >= 11 is 0. The van der Waals surface area contributed by atoms with E-state index in [9.17, 15) is 0 Å². The smallest absolute Gasteiger partial charge is 0.136 e. The highest BCUT2D eigenvalue weighted by Gasteiger charge is 2.46. The number of hydrogen-bond acceptors (Lipinski definition) is 2. The van der Waals surface area contributed by atoms with Crippen LogP contribution in [0.2, 0.25) is 0 Å². The molecule has 0 unspecified atom stereocenters. The van der Waals surface area contributed by atoms with Crippen LogP contribution in [0.3, 0.4) is 0 Å². The van der Waals surface area contributed by atoms with E-state index in [4.69, 9.17) is 4.42 Å². The average molecular weight is 817 g/mol. The third-order valence-corrected chi connectivity index (χ3v) is 13.5. The number of para-hydroxylation sites is 3. The molecule has 2 aromatic heterocycles. The molecule has 0 aliphatic heterocycles. The summed E-state index contributed by atoms with van der Waals surface area (Å²) in [7, 11) is 0. The minimum atomic E-state index is -0.468. The third-order valence-electron chi connectivity index (χ3n) is 13.5. The summed E-state index contributed by atoms with van der Waals surface area (Å²) in [5.74, 6) is 0. The molecule has 1 aliphatic carbocycles. The summed E-state index contributed by atoms with van der Waals surface area (Å²) in [6.07, 6.45) is 0. The predicted molar refractivity (Wildman–Crippen MR) is 265 cm³/mol. The van der Waals surface area contributed by atoms with Crippen molar-refractivity contribution in [3.05, 3.63) is 265 Å². The van der Waals surface area contributed by atoms with Crippen molar-refractivity contribution in [3.63, 3.8) is 0 Å². The van der Waals surface area contributed by atoms with Crippen LogP contribution < -0.4 is 4.90 Å². The Hall–Kier alpha value is -8.40. The second-order valence-electron chi connectivity index (χ2n) is 16.8. The molecule has 0 N–H and O–H groups in total. The number of hydrogen-bond donors (Lipinski definition) is 0. The van der Waals surface area contributed by atoms with Crippen LogP contribution in [-0.2, 0) is 5.41 Å². The van der Waals surface area contributed by atoms with Gasteiger partial charge in [0.25, 0.3) is 0 Å². The van der Waals surface area contributed by atoms with Crippen molar-refractivity contribution >= 4 is 60.8 Å². The molecule has 0 saturated heterocycles. The first-order chi connectivity index (χ1) is 31.7. The standard InChI is InChI=1S/C61H40N2O/c1-3-15-43(16-4-1)61(44-17-5-2-6-18-44)55-23-11-7-19-49(55)54-40-48(36-38-56(54)61)62(45-30-27-41(28-31-45)42-29-37-53-52-22-10-14-26-59(52)64-60(53)39-42)46-32-34-47(35-33-46)63-57-24-12-8-20-50(57)51-21-9-13-25-58(51)63/h1-40H. The lowest BCUT2D eigenvalue weighted by molar-refractivity contribution is 0.669. The van der Waals surface area contributed by atoms with Gasteiger partial charge in [-0.3, -0.25) is 0 Å². The molecule has 300 valence electrons. The quantitative estimate of drug-likeness (QED) is 0.160. The van der Waals surface area contributed by atoms with Gasteiger partial charge in [0.15, 0.2) is 0 Å². The molecule has 0 bridgehead atoms. The molecule has 0 radical (unpaired) electrons. The summed E-state index contributed by atoms with van der Waals surface area (Å²) in [5, 5.41) is 4.78. The molecule has 0 fully saturated rings. The van der Waals surface area contributed by atoms with Gasteiger partial charge in [0, 0.05) is 44.3 Å². The molecular weight excluding hydrogens is 777 g/mol. The van der Waals surface area contributed by atoms with E-state index in [0.29, 0.717) is 0 Å². The first kappa shape index (κ1) is 36.3. The van der Waals surface area contributed by atoms with E-state index in [-0.39, 0.29) is 0 Å². The molecule has 0 spiro atoms. The van der Waals surface area contributed by atoms with Gasteiger partial charge in [0.05, 0.1) is 16.4 Å². The van der Waals surface area contributed by atoms with E-state index in [1.165, 1.54) is 55.2 Å². The lowest BCUT2D eigenvalue weighted by atomic mass is 9.68. The van der Waals surface area contributed by atoms with Crippen molar-refractivity contribution in [2.24, 2.45) is 0 Å². The minimum absolute atomic E-state index is 0.468. The fourth-order valence-corrected chi connectivity index (χ4v) is 10.7. The van der Waals surface area contributed by atoms with E-state index >= 15 is 0 Å². The normalized spacial score (nSPS) is 12.8. The maximum absolute atomic E-state index is 6.30. The number of nitrogens with zero attached hydrogens (tertiary/aromatic N) is 2. The fourth-order valence-electron chi connectivity index (χ4n) is 10.7. The van der Waals surface area contributed by atoms with Gasteiger partial charge in [0.1, 0.15) is 11.2 Å². The molecule has 10 aromatic carbocycles. The first-order valence-electron chi connectivity index (χ1n) is 22.0. The highest BCUT2D eigenvalue weighted by molar-refractivity contribution is 6.09. The van der Waals surface area contributed by atoms with Crippen molar-refractivity contribution in [1.82, 2.24) is 4.57 Å². The van der Waals surface area contributed by atoms with Crippen LogP contribution in [0, 0.1) is 0 Å². The van der Waals surface area contributed by atoms with Gasteiger partial charge >= 0.3 is 0 Å². The van der Waals surface area contributed by atoms with E-state index < -0.39 is 5.41 Å². The Bertz CT molecular complexity index is 3620. The zero-order chi connectivity index (χ0) is 42.2. The summed E-state index contributed by atoms with van der Waals surface area (Å²) in [4.78, 5) is 2.40. The summed E-state index contributed by atoms with van der Waals surface area (Å²) in [6.45, 7) is 0. The van der Waals surface area contributed by atoms with Crippen molar-refractivity contribution in [3.8, 4) is 27.9 Å². The SMILES string of the molecule is c1ccc(C2(c3ccccc3)c3ccccc3-c3cc(N(c4ccc(-c5ccc6c(c5)oc5ccccc56)cc4)c4ccc(-n5c6ccccc6c6ccccc65)cc4)ccc32)cc1. The molecule has 0 atom stereocenters. The van der Waals surface area contributed by atoms with Crippen molar-refractivity contribution in [2.75, 3.05) is 4.90 Å². The molecule has 0 saturated carbocycles. The lowest BCUT2D eigenvalue weighted by Gasteiger charge is -2.34. The Morgan fingerprint density at radius 3 is 1.55 bits per heavy atom. The van der Waals surface area contributed by atoms with Crippen LogP contribution in [0.4, 0.5) is 17.1 Å². The Morgan fingerprint density at radius 2 is 0.859 bits per heavy atom. The molecule has 12 aromatic rings. The lowest BCUT2D eigenvalue weighted by Crippen LogP contribution is -2.28. The predicted octanol–water partition coefficient (Wildman–Crippen LogP) is 16.2. The maximum Gasteiger partial charge on any atom is 0.136 e. The first-order valence-corrected chi connectivity index (χ1v) is 22.0. The van der Waals surface area contributed by atoms with Crippen LogP contribution in [0.1, 0.15) is 22.3 Å². The Kier molecular flexibility index (Phi) is 8.13. The van der Waals surface area contributed by atoms with Gasteiger partial charge < -0.3 is 13.9 Å². The van der Waals surface area contributed by atoms with Crippen molar-refractivity contribution in [1.29, 1.82) is 0 Å². The molecule has 13 rings (SSSR count). The minimum Gasteiger partial charge on any atom is -0.456 e. The summed E-state index contributed by atoms with van der Waals surface area (Å²) < 4.78 is 8.68. The zero-order valence-corrected chi connectivity index (χ0v) is 34.9. The van der Waals surface area contributed by atoms with Crippen LogP contribution in [-0.4, -0.2) is 4.57 Å². The molecule has 3 nitrogen and oxygen atoms in total. The van der Waals surface area contributed by atoms with E-state index in [1.54, 1.807) is 0 Å². The number of rotatable bonds is 7. The number of furan rings is 1. The van der Waals surface area contributed by atoms with Crippen LogP contribution in [0.15, 0.2) is 247 Å². The molecule has 0 amide bonds. The highest BCUT2D eigenvalue weighted by Crippen LogP contribution is 2.57. The second kappa shape index (κ2) is 14.3. The van der Waals surface area contributed by atoms with Crippen LogP contribution in [0.25, 0.3) is 71.7 Å². The number of aromatic nitrogens is 1. The van der Waals surface area contributed by atoms with Gasteiger partial charge in [-0.15, -0.1) is 0 Å². The Morgan fingerprint density at radius 1 is 0.344 bits per heavy atom.